The molecule has 1 aromatic rings. The summed E-state index contributed by atoms with van der Waals surface area (Å²) in [5.74, 6) is -1.43. The maximum absolute atomic E-state index is 12.6. The number of ether oxygens (including phenoxy) is 4. The molecule has 0 aromatic heterocycles. The third-order valence-corrected chi connectivity index (χ3v) is 6.04. The highest BCUT2D eigenvalue weighted by Gasteiger charge is 2.25. The van der Waals surface area contributed by atoms with Crippen molar-refractivity contribution in [3.63, 3.8) is 0 Å². The van der Waals surface area contributed by atoms with Crippen molar-refractivity contribution in [2.75, 3.05) is 0 Å². The molecule has 0 unspecified atom stereocenters. The van der Waals surface area contributed by atoms with Gasteiger partial charge in [0, 0.05) is 19.3 Å². The molecule has 39 heavy (non-hydrogen) atoms. The fourth-order valence-corrected chi connectivity index (χ4v) is 3.62. The molecule has 9 heteroatoms. The molecule has 0 saturated heterocycles. The largest absolute Gasteiger partial charge is 0.459 e. The number of benzene rings is 1. The van der Waals surface area contributed by atoms with E-state index >= 15 is 0 Å². The Bertz CT molecular complexity index is 930. The van der Waals surface area contributed by atoms with Gasteiger partial charge in [0.15, 0.2) is 11.5 Å². The minimum Gasteiger partial charge on any atom is -0.459 e. The highest BCUT2D eigenvalue weighted by molar-refractivity contribution is 5.77. The van der Waals surface area contributed by atoms with Gasteiger partial charge in [-0.1, -0.05) is 59.4 Å². The minimum atomic E-state index is -1.01. The Morgan fingerprint density at radius 2 is 1.28 bits per heavy atom. The number of esters is 4. The molecule has 9 nitrogen and oxygen atoms in total. The van der Waals surface area contributed by atoms with Crippen molar-refractivity contribution < 1.29 is 38.1 Å². The van der Waals surface area contributed by atoms with Gasteiger partial charge in [-0.2, -0.15) is 0 Å². The standard InChI is InChI=1S/C30H47NO8/c1-7-9-11-13-27(32)38-25-16-15-23(19-26(25)39-28(33)14-12-10-8-2)18-24(31)30(35)37-22(6)21(5)36-29(34)17-20(3)4/h15-16,19-22,24H,7-14,17-18,31H2,1-6H3/t21-,22-,24-/m0/s1. The first kappa shape index (κ1) is 34.1. The molecule has 0 heterocycles. The van der Waals surface area contributed by atoms with Crippen molar-refractivity contribution in [3.05, 3.63) is 23.8 Å². The zero-order valence-corrected chi connectivity index (χ0v) is 24.5. The van der Waals surface area contributed by atoms with Crippen LogP contribution in [0.1, 0.15) is 105 Å². The maximum Gasteiger partial charge on any atom is 0.323 e. The molecule has 220 valence electrons. The SMILES string of the molecule is CCCCCC(=O)Oc1ccc(C[C@H](N)C(=O)O[C@@H](C)[C@H](C)OC(=O)CC(C)C)cc1OC(=O)CCCCC. The van der Waals surface area contributed by atoms with Crippen LogP contribution in [-0.2, 0) is 35.1 Å². The molecule has 0 aliphatic heterocycles. The average molecular weight is 550 g/mol. The zero-order valence-electron chi connectivity index (χ0n) is 24.5. The zero-order chi connectivity index (χ0) is 29.4. The van der Waals surface area contributed by atoms with Crippen LogP contribution in [0, 0.1) is 5.92 Å². The first-order valence-electron chi connectivity index (χ1n) is 14.2. The Kier molecular flexibility index (Phi) is 16.1. The second-order valence-corrected chi connectivity index (χ2v) is 10.4. The fourth-order valence-electron chi connectivity index (χ4n) is 3.62. The highest BCUT2D eigenvalue weighted by Crippen LogP contribution is 2.30. The van der Waals surface area contributed by atoms with Crippen LogP contribution in [0.15, 0.2) is 18.2 Å². The number of hydrogen-bond donors (Lipinski definition) is 1. The molecule has 2 N–H and O–H groups in total. The normalized spacial score (nSPS) is 13.3. The third kappa shape index (κ3) is 14.1. The molecule has 0 saturated carbocycles. The van der Waals surface area contributed by atoms with Gasteiger partial charge >= 0.3 is 23.9 Å². The van der Waals surface area contributed by atoms with E-state index in [1.165, 1.54) is 0 Å². The van der Waals surface area contributed by atoms with Crippen LogP contribution < -0.4 is 15.2 Å². The van der Waals surface area contributed by atoms with Crippen LogP contribution in [0.2, 0.25) is 0 Å². The molecule has 0 aliphatic rings. The summed E-state index contributed by atoms with van der Waals surface area (Å²) in [7, 11) is 0. The summed E-state index contributed by atoms with van der Waals surface area (Å²) < 4.78 is 21.8. The van der Waals surface area contributed by atoms with Gasteiger partial charge in [-0.3, -0.25) is 19.2 Å². The molecule has 0 amide bonds. The van der Waals surface area contributed by atoms with E-state index in [1.54, 1.807) is 32.0 Å². The number of carbonyl (C=O) groups excluding carboxylic acids is 4. The van der Waals surface area contributed by atoms with Crippen LogP contribution in [0.3, 0.4) is 0 Å². The maximum atomic E-state index is 12.6. The first-order chi connectivity index (χ1) is 18.5. The lowest BCUT2D eigenvalue weighted by Crippen LogP contribution is -2.39. The second-order valence-electron chi connectivity index (χ2n) is 10.4. The topological polar surface area (TPSA) is 131 Å². The van der Waals surface area contributed by atoms with Crippen molar-refractivity contribution in [2.45, 2.75) is 124 Å². The van der Waals surface area contributed by atoms with E-state index in [0.29, 0.717) is 18.4 Å². The smallest absolute Gasteiger partial charge is 0.323 e. The summed E-state index contributed by atoms with van der Waals surface area (Å²) in [5, 5.41) is 0. The van der Waals surface area contributed by atoms with Crippen LogP contribution in [-0.4, -0.2) is 42.1 Å². The summed E-state index contributed by atoms with van der Waals surface area (Å²) in [6.07, 6.45) is 4.74. The lowest BCUT2D eigenvalue weighted by atomic mass is 10.1. The van der Waals surface area contributed by atoms with Crippen LogP contribution in [0.5, 0.6) is 11.5 Å². The molecular weight excluding hydrogens is 502 g/mol. The molecule has 0 fully saturated rings. The monoisotopic (exact) mass is 549 g/mol. The quantitative estimate of drug-likeness (QED) is 0.144. The Hall–Kier alpha value is -2.94. The van der Waals surface area contributed by atoms with Crippen molar-refractivity contribution in [1.29, 1.82) is 0 Å². The number of hydrogen-bond acceptors (Lipinski definition) is 9. The predicted molar refractivity (Wildman–Crippen MR) is 148 cm³/mol. The van der Waals surface area contributed by atoms with Crippen LogP contribution in [0.4, 0.5) is 0 Å². The van der Waals surface area contributed by atoms with E-state index in [-0.39, 0.29) is 49.1 Å². The van der Waals surface area contributed by atoms with E-state index in [4.69, 9.17) is 24.7 Å². The molecule has 0 bridgehead atoms. The molecule has 0 radical (unpaired) electrons. The van der Waals surface area contributed by atoms with Crippen LogP contribution >= 0.6 is 0 Å². The van der Waals surface area contributed by atoms with E-state index in [0.717, 1.165) is 25.7 Å². The Morgan fingerprint density at radius 3 is 1.82 bits per heavy atom. The summed E-state index contributed by atoms with van der Waals surface area (Å²) in [5.41, 5.74) is 6.71. The summed E-state index contributed by atoms with van der Waals surface area (Å²) in [6.45, 7) is 11.2. The average Bonchev–Trinajstić information content (AvgIpc) is 2.85. The molecule has 3 atom stereocenters. The third-order valence-electron chi connectivity index (χ3n) is 6.04. The number of carbonyl (C=O) groups is 4. The minimum absolute atomic E-state index is 0.0954. The molecular formula is C30H47NO8. The van der Waals surface area contributed by atoms with Crippen molar-refractivity contribution >= 4 is 23.9 Å². The van der Waals surface area contributed by atoms with Crippen LogP contribution in [0.25, 0.3) is 0 Å². The molecule has 1 aromatic carbocycles. The predicted octanol–water partition coefficient (Wildman–Crippen LogP) is 5.44. The number of rotatable bonds is 18. The highest BCUT2D eigenvalue weighted by atomic mass is 16.6. The van der Waals surface area contributed by atoms with E-state index < -0.39 is 36.2 Å². The van der Waals surface area contributed by atoms with Crippen molar-refractivity contribution in [1.82, 2.24) is 0 Å². The van der Waals surface area contributed by atoms with Crippen molar-refractivity contribution in [2.24, 2.45) is 11.7 Å². The van der Waals surface area contributed by atoms with E-state index in [2.05, 4.69) is 0 Å². The van der Waals surface area contributed by atoms with E-state index in [1.807, 2.05) is 27.7 Å². The molecule has 0 aliphatic carbocycles. The Labute approximate surface area is 233 Å². The Balaban J connectivity index is 2.88. The summed E-state index contributed by atoms with van der Waals surface area (Å²) in [4.78, 5) is 49.2. The molecule has 0 spiro atoms. The first-order valence-corrected chi connectivity index (χ1v) is 14.2. The second kappa shape index (κ2) is 18.4. The van der Waals surface area contributed by atoms with Gasteiger partial charge in [0.25, 0.3) is 0 Å². The van der Waals surface area contributed by atoms with E-state index in [9.17, 15) is 19.2 Å². The number of nitrogens with two attached hydrogens (primary N) is 1. The molecule has 1 rings (SSSR count). The van der Waals surface area contributed by atoms with Gasteiger partial charge in [-0.25, -0.2) is 0 Å². The fraction of sp³-hybridized carbons (Fsp3) is 0.667. The van der Waals surface area contributed by atoms with Gasteiger partial charge in [0.2, 0.25) is 0 Å². The Morgan fingerprint density at radius 1 is 0.744 bits per heavy atom. The van der Waals surface area contributed by atoms with Gasteiger partial charge in [0.1, 0.15) is 18.2 Å². The van der Waals surface area contributed by atoms with Gasteiger partial charge < -0.3 is 24.7 Å². The number of unbranched alkanes of at least 4 members (excludes halogenated alkanes) is 4. The lowest BCUT2D eigenvalue weighted by molar-refractivity contribution is -0.166. The van der Waals surface area contributed by atoms with Gasteiger partial charge in [-0.15, -0.1) is 0 Å². The summed E-state index contributed by atoms with van der Waals surface area (Å²) in [6, 6.07) is 3.75. The lowest BCUT2D eigenvalue weighted by Gasteiger charge is -2.23. The van der Waals surface area contributed by atoms with Gasteiger partial charge in [-0.05, 0) is 56.7 Å². The van der Waals surface area contributed by atoms with Crippen molar-refractivity contribution in [3.8, 4) is 11.5 Å². The van der Waals surface area contributed by atoms with Gasteiger partial charge in [0.05, 0.1) is 0 Å². The summed E-state index contributed by atoms with van der Waals surface area (Å²) >= 11 is 0.